The minimum absolute atomic E-state index is 0.0565. The number of carboxylic acids is 1. The van der Waals surface area contributed by atoms with Crippen LogP contribution in [-0.4, -0.2) is 32.7 Å². The van der Waals surface area contributed by atoms with Gasteiger partial charge in [0.25, 0.3) is 5.56 Å². The van der Waals surface area contributed by atoms with E-state index < -0.39 is 28.7 Å². The summed E-state index contributed by atoms with van der Waals surface area (Å²) in [6.45, 7) is 0.0876. The largest absolute Gasteiger partial charge is 0.493 e. The number of fused-ring (bicyclic) bond motifs is 2. The zero-order valence-corrected chi connectivity index (χ0v) is 18.9. The van der Waals surface area contributed by atoms with Gasteiger partial charge in [0.1, 0.15) is 11.5 Å². The van der Waals surface area contributed by atoms with E-state index in [1.165, 1.54) is 18.6 Å². The van der Waals surface area contributed by atoms with Gasteiger partial charge in [-0.3, -0.25) is 9.78 Å². The van der Waals surface area contributed by atoms with Crippen molar-refractivity contribution in [1.29, 1.82) is 0 Å². The van der Waals surface area contributed by atoms with E-state index in [0.717, 1.165) is 33.9 Å². The van der Waals surface area contributed by atoms with Crippen LogP contribution in [0.4, 0.5) is 4.39 Å². The number of pyridine rings is 1. The van der Waals surface area contributed by atoms with Crippen LogP contribution < -0.4 is 20.7 Å². The van der Waals surface area contributed by atoms with E-state index in [2.05, 4.69) is 9.97 Å². The first-order valence-electron chi connectivity index (χ1n) is 10.2. The number of carbonyl (C=O) groups is 1. The van der Waals surface area contributed by atoms with Crippen LogP contribution >= 0.6 is 11.3 Å². The number of nitrogens with zero attached hydrogens (tertiary/aromatic N) is 2. The highest BCUT2D eigenvalue weighted by atomic mass is 32.1. The van der Waals surface area contributed by atoms with Gasteiger partial charge in [-0.05, 0) is 23.8 Å². The zero-order chi connectivity index (χ0) is 24.7. The van der Waals surface area contributed by atoms with E-state index in [1.807, 2.05) is 30.3 Å². The number of ether oxygens (including phenoxy) is 2. The van der Waals surface area contributed by atoms with Crippen molar-refractivity contribution in [3.05, 3.63) is 91.1 Å². The number of benzene rings is 2. The van der Waals surface area contributed by atoms with Gasteiger partial charge < -0.3 is 19.6 Å². The van der Waals surface area contributed by atoms with Crippen LogP contribution in [0.25, 0.3) is 27.5 Å². The lowest BCUT2D eigenvalue weighted by atomic mass is 10.1. The van der Waals surface area contributed by atoms with Crippen molar-refractivity contribution < 1.29 is 23.8 Å². The number of rotatable bonds is 6. The van der Waals surface area contributed by atoms with Crippen molar-refractivity contribution in [2.75, 3.05) is 7.11 Å². The van der Waals surface area contributed by atoms with E-state index in [0.29, 0.717) is 4.57 Å². The summed E-state index contributed by atoms with van der Waals surface area (Å²) < 4.78 is 26.6. The molecule has 2 aromatic carbocycles. The molecule has 0 aliphatic rings. The molecule has 0 aliphatic heterocycles. The molecule has 11 heteroatoms. The van der Waals surface area contributed by atoms with Crippen molar-refractivity contribution in [2.24, 2.45) is 0 Å². The number of thiophene rings is 1. The molecule has 35 heavy (non-hydrogen) atoms. The third-order valence-electron chi connectivity index (χ3n) is 5.38. The normalized spacial score (nSPS) is 11.1. The maximum atomic E-state index is 15.0. The number of aromatic amines is 1. The Labute approximate surface area is 199 Å². The van der Waals surface area contributed by atoms with Crippen LogP contribution in [0.5, 0.6) is 11.5 Å². The lowest BCUT2D eigenvalue weighted by Crippen LogP contribution is -2.34. The fraction of sp³-hybridized carbons (Fsp3) is 0.0833. The number of hydrogen-bond donors (Lipinski definition) is 2. The Kier molecular flexibility index (Phi) is 5.53. The van der Waals surface area contributed by atoms with Crippen LogP contribution in [-0.2, 0) is 6.61 Å². The van der Waals surface area contributed by atoms with E-state index in [-0.39, 0.29) is 33.9 Å². The Bertz CT molecular complexity index is 1740. The number of carboxylic acid groups (broad SMARTS) is 1. The maximum absolute atomic E-state index is 15.0. The Morgan fingerprint density at radius 3 is 2.80 bits per heavy atom. The van der Waals surface area contributed by atoms with Gasteiger partial charge in [-0.2, -0.15) is 0 Å². The number of aromatic nitrogens is 3. The molecule has 0 atom stereocenters. The Morgan fingerprint density at radius 1 is 1.20 bits per heavy atom. The van der Waals surface area contributed by atoms with E-state index >= 15 is 4.39 Å². The average molecular weight is 493 g/mol. The molecule has 3 aromatic heterocycles. The van der Waals surface area contributed by atoms with Crippen molar-refractivity contribution in [3.63, 3.8) is 0 Å². The van der Waals surface area contributed by atoms with Crippen LogP contribution in [0.15, 0.2) is 63.6 Å². The van der Waals surface area contributed by atoms with Crippen LogP contribution in [0.1, 0.15) is 15.2 Å². The number of nitrogens with one attached hydrogen (secondary N) is 1. The summed E-state index contributed by atoms with van der Waals surface area (Å²) in [5.74, 6) is -2.11. The predicted octanol–water partition coefficient (Wildman–Crippen LogP) is 3.71. The number of hydrogen-bond acceptors (Lipinski definition) is 7. The highest BCUT2D eigenvalue weighted by molar-refractivity contribution is 7.13. The van der Waals surface area contributed by atoms with Crippen molar-refractivity contribution in [3.8, 4) is 17.2 Å². The third-order valence-corrected chi connectivity index (χ3v) is 6.35. The number of halogens is 1. The molecular formula is C24H16FN3O6S. The summed E-state index contributed by atoms with van der Waals surface area (Å²) in [5.41, 5.74) is -0.594. The second-order valence-corrected chi connectivity index (χ2v) is 8.38. The highest BCUT2D eigenvalue weighted by Gasteiger charge is 2.22. The maximum Gasteiger partial charge on any atom is 0.346 e. The van der Waals surface area contributed by atoms with Gasteiger partial charge in [0.15, 0.2) is 17.3 Å². The first-order chi connectivity index (χ1) is 16.9. The van der Waals surface area contributed by atoms with E-state index in [4.69, 9.17) is 9.47 Å². The molecule has 0 unspecified atom stereocenters. The summed E-state index contributed by atoms with van der Waals surface area (Å²) in [6.07, 6.45) is 1.69. The van der Waals surface area contributed by atoms with Gasteiger partial charge in [0.2, 0.25) is 0 Å². The molecule has 0 aliphatic carbocycles. The minimum atomic E-state index is -1.33. The molecule has 176 valence electrons. The molecule has 3 heterocycles. The Hall–Kier alpha value is -4.51. The smallest absolute Gasteiger partial charge is 0.346 e. The topological polar surface area (TPSA) is 124 Å². The fourth-order valence-electron chi connectivity index (χ4n) is 3.76. The molecule has 0 radical (unpaired) electrons. The Morgan fingerprint density at radius 2 is 2.03 bits per heavy atom. The quantitative estimate of drug-likeness (QED) is 0.370. The molecule has 0 saturated heterocycles. The Balaban J connectivity index is 1.59. The van der Waals surface area contributed by atoms with Crippen molar-refractivity contribution in [1.82, 2.24) is 14.5 Å². The van der Waals surface area contributed by atoms with Gasteiger partial charge >= 0.3 is 11.7 Å². The van der Waals surface area contributed by atoms with Gasteiger partial charge in [-0.15, -0.1) is 11.3 Å². The monoisotopic (exact) mass is 493 g/mol. The number of H-pyrrole nitrogens is 1. The average Bonchev–Trinajstić information content (AvgIpc) is 3.28. The summed E-state index contributed by atoms with van der Waals surface area (Å²) in [6, 6.07) is 11.5. The molecule has 0 fully saturated rings. The van der Waals surface area contributed by atoms with Gasteiger partial charge in [0.05, 0.1) is 29.2 Å². The minimum Gasteiger partial charge on any atom is -0.493 e. The number of methoxy groups -OCH3 is 1. The molecule has 0 spiro atoms. The zero-order valence-electron chi connectivity index (χ0n) is 18.1. The van der Waals surface area contributed by atoms with Crippen LogP contribution in [0, 0.1) is 5.82 Å². The molecular weight excluding hydrogens is 477 g/mol. The lowest BCUT2D eigenvalue weighted by Gasteiger charge is -2.14. The lowest BCUT2D eigenvalue weighted by molar-refractivity contribution is 0.0704. The summed E-state index contributed by atoms with van der Waals surface area (Å²) in [4.78, 5) is 43.7. The third kappa shape index (κ3) is 3.91. The SMILES string of the molecule is COc1cc(F)c(-n2c(=O)[nH]c3csc(C(=O)O)c3c2=O)cc1OCc1ccc2ncccc2c1. The second kappa shape index (κ2) is 8.69. The van der Waals surface area contributed by atoms with E-state index in [1.54, 1.807) is 6.20 Å². The van der Waals surface area contributed by atoms with Gasteiger partial charge in [-0.1, -0.05) is 12.1 Å². The molecule has 0 amide bonds. The van der Waals surface area contributed by atoms with Crippen molar-refractivity contribution >= 4 is 39.1 Å². The van der Waals surface area contributed by atoms with Gasteiger partial charge in [-0.25, -0.2) is 18.5 Å². The molecule has 0 saturated carbocycles. The standard InChI is InChI=1S/C24H16FN3O6S/c1-33-18-8-14(25)17(28-22(29)20-16(27-24(28)32)11-35-21(20)23(30)31)9-19(18)34-10-12-4-5-15-13(7-12)3-2-6-26-15/h2-9,11H,10H2,1H3,(H,27,32)(H,30,31). The molecule has 5 rings (SSSR count). The first-order valence-corrected chi connectivity index (χ1v) is 11.1. The van der Waals surface area contributed by atoms with Gasteiger partial charge in [0, 0.05) is 29.1 Å². The molecule has 9 nitrogen and oxygen atoms in total. The number of aromatic carboxylic acids is 1. The van der Waals surface area contributed by atoms with Crippen molar-refractivity contribution in [2.45, 2.75) is 6.61 Å². The van der Waals surface area contributed by atoms with Crippen LogP contribution in [0.2, 0.25) is 0 Å². The molecule has 2 N–H and O–H groups in total. The molecule has 0 bridgehead atoms. The second-order valence-electron chi connectivity index (χ2n) is 7.50. The summed E-state index contributed by atoms with van der Waals surface area (Å²) in [5, 5.41) is 11.4. The molecule has 5 aromatic rings. The first kappa shape index (κ1) is 22.3. The van der Waals surface area contributed by atoms with Crippen LogP contribution in [0.3, 0.4) is 0 Å². The van der Waals surface area contributed by atoms with E-state index in [9.17, 15) is 19.5 Å². The highest BCUT2D eigenvalue weighted by Crippen LogP contribution is 2.32. The summed E-state index contributed by atoms with van der Waals surface area (Å²) in [7, 11) is 1.33. The summed E-state index contributed by atoms with van der Waals surface area (Å²) >= 11 is 0.792. The fourth-order valence-corrected chi connectivity index (χ4v) is 4.59. The predicted molar refractivity (Wildman–Crippen MR) is 128 cm³/mol.